The summed E-state index contributed by atoms with van der Waals surface area (Å²) in [5.41, 5.74) is 0.131. The number of ether oxygens (including phenoxy) is 1. The number of nitrogens with zero attached hydrogens (tertiary/aromatic N) is 2. The lowest BCUT2D eigenvalue weighted by atomic mass is 10.2. The number of hydrogen-bond donors (Lipinski definition) is 2. The van der Waals surface area contributed by atoms with E-state index in [9.17, 15) is 22.8 Å². The lowest BCUT2D eigenvalue weighted by molar-refractivity contribution is -0.153. The van der Waals surface area contributed by atoms with Crippen molar-refractivity contribution >= 4 is 23.3 Å². The van der Waals surface area contributed by atoms with Gasteiger partial charge in [-0.05, 0) is 12.1 Å². The summed E-state index contributed by atoms with van der Waals surface area (Å²) in [5, 5.41) is 4.99. The number of aromatic nitrogens is 2. The molecular weight excluding hydrogens is 365 g/mol. The summed E-state index contributed by atoms with van der Waals surface area (Å²) in [4.78, 5) is 31.8. The second-order valence-corrected chi connectivity index (χ2v) is 5.80. The van der Waals surface area contributed by atoms with Crippen molar-refractivity contribution in [3.05, 3.63) is 42.4 Å². The molecule has 0 radical (unpaired) electrons. The molecule has 2 aromatic heterocycles. The molecule has 27 heavy (non-hydrogen) atoms. The van der Waals surface area contributed by atoms with Crippen molar-refractivity contribution < 1.29 is 27.5 Å². The number of halogens is 3. The Morgan fingerprint density at radius 3 is 2.59 bits per heavy atom. The molecule has 0 saturated heterocycles. The van der Waals surface area contributed by atoms with E-state index >= 15 is 0 Å². The quantitative estimate of drug-likeness (QED) is 0.800. The highest BCUT2D eigenvalue weighted by atomic mass is 19.4. The Hall–Kier alpha value is -3.17. The van der Waals surface area contributed by atoms with Gasteiger partial charge in [0.2, 0.25) is 5.91 Å². The maximum Gasteiger partial charge on any atom is 0.422 e. The van der Waals surface area contributed by atoms with Gasteiger partial charge in [-0.2, -0.15) is 13.2 Å². The Bertz CT molecular complexity index is 825. The van der Waals surface area contributed by atoms with Crippen LogP contribution in [0.2, 0.25) is 0 Å². The molecule has 0 aliphatic heterocycles. The van der Waals surface area contributed by atoms with Crippen LogP contribution in [0.25, 0.3) is 0 Å². The van der Waals surface area contributed by atoms with Gasteiger partial charge in [0.15, 0.2) is 6.61 Å². The van der Waals surface area contributed by atoms with E-state index in [4.69, 9.17) is 4.74 Å². The van der Waals surface area contributed by atoms with Gasteiger partial charge < -0.3 is 15.4 Å². The molecule has 10 heteroatoms. The number of alkyl halides is 3. The van der Waals surface area contributed by atoms with Crippen LogP contribution in [0.5, 0.6) is 5.75 Å². The number of anilines is 2. The summed E-state index contributed by atoms with van der Waals surface area (Å²) in [6.45, 7) is 1.91. The first-order chi connectivity index (χ1) is 12.7. The molecule has 0 fully saturated rings. The van der Waals surface area contributed by atoms with Gasteiger partial charge in [-0.25, -0.2) is 4.98 Å². The summed E-state index contributed by atoms with van der Waals surface area (Å²) in [6.07, 6.45) is -0.770. The van der Waals surface area contributed by atoms with Crippen molar-refractivity contribution in [2.45, 2.75) is 20.0 Å². The largest absolute Gasteiger partial charge is 0.482 e. The summed E-state index contributed by atoms with van der Waals surface area (Å²) >= 11 is 0. The van der Waals surface area contributed by atoms with Crippen LogP contribution < -0.4 is 15.4 Å². The Morgan fingerprint density at radius 2 is 1.93 bits per heavy atom. The van der Waals surface area contributed by atoms with Crippen molar-refractivity contribution in [3.63, 3.8) is 0 Å². The maximum atomic E-state index is 12.4. The van der Waals surface area contributed by atoms with Crippen molar-refractivity contribution in [1.82, 2.24) is 9.97 Å². The molecule has 0 saturated carbocycles. The van der Waals surface area contributed by atoms with Crippen molar-refractivity contribution in [3.8, 4) is 5.75 Å². The summed E-state index contributed by atoms with van der Waals surface area (Å²) in [6, 6.07) is 3.96. The van der Waals surface area contributed by atoms with Crippen molar-refractivity contribution in [2.24, 2.45) is 5.92 Å². The zero-order valence-corrected chi connectivity index (χ0v) is 14.5. The van der Waals surface area contributed by atoms with Crippen molar-refractivity contribution in [2.75, 3.05) is 17.2 Å². The number of pyridine rings is 2. The first-order valence-electron chi connectivity index (χ1n) is 7.87. The molecular formula is C17H17F3N4O3. The fourth-order valence-corrected chi connectivity index (χ4v) is 1.87. The summed E-state index contributed by atoms with van der Waals surface area (Å²) in [7, 11) is 0. The average Bonchev–Trinajstić information content (AvgIpc) is 2.60. The lowest BCUT2D eigenvalue weighted by Crippen LogP contribution is -2.21. The first-order valence-corrected chi connectivity index (χ1v) is 7.87. The minimum atomic E-state index is -4.51. The first kappa shape index (κ1) is 20.1. The zero-order chi connectivity index (χ0) is 20.0. The van der Waals surface area contributed by atoms with Gasteiger partial charge in [-0.3, -0.25) is 14.6 Å². The van der Waals surface area contributed by atoms with E-state index in [1.807, 2.05) is 0 Å². The van der Waals surface area contributed by atoms with E-state index in [1.54, 1.807) is 13.8 Å². The highest BCUT2D eigenvalue weighted by Gasteiger charge is 2.29. The van der Waals surface area contributed by atoms with Crippen molar-refractivity contribution in [1.29, 1.82) is 0 Å². The highest BCUT2D eigenvalue weighted by Crippen LogP contribution is 2.26. The van der Waals surface area contributed by atoms with E-state index in [0.717, 1.165) is 0 Å². The van der Waals surface area contributed by atoms with Gasteiger partial charge in [-0.1, -0.05) is 13.8 Å². The van der Waals surface area contributed by atoms with Gasteiger partial charge in [-0.15, -0.1) is 0 Å². The number of rotatable bonds is 6. The Labute approximate surface area is 153 Å². The molecule has 0 bridgehead atoms. The Kier molecular flexibility index (Phi) is 6.32. The SMILES string of the molecule is CC(C)C(=O)Nc1cc(C(=O)Nc2cnccc2OCC(F)(F)F)ccn1. The van der Waals surface area contributed by atoms with Crippen LogP contribution in [0.3, 0.4) is 0 Å². The monoisotopic (exact) mass is 382 g/mol. The van der Waals surface area contributed by atoms with Crippen LogP contribution in [0.15, 0.2) is 36.8 Å². The number of nitrogens with one attached hydrogen (secondary N) is 2. The molecule has 0 aromatic carbocycles. The lowest BCUT2D eigenvalue weighted by Gasteiger charge is -2.13. The van der Waals surface area contributed by atoms with Crippen LogP contribution in [-0.2, 0) is 4.79 Å². The minimum Gasteiger partial charge on any atom is -0.482 e. The minimum absolute atomic E-state index is 0.0173. The predicted octanol–water partition coefficient (Wildman–Crippen LogP) is 3.26. The number of amides is 2. The summed E-state index contributed by atoms with van der Waals surface area (Å²) in [5.74, 6) is -1.15. The molecule has 0 aliphatic carbocycles. The molecule has 2 amide bonds. The van der Waals surface area contributed by atoms with Gasteiger partial charge in [0.1, 0.15) is 17.3 Å². The van der Waals surface area contributed by atoms with E-state index in [1.165, 1.54) is 36.8 Å². The third-order valence-electron chi connectivity index (χ3n) is 3.22. The van der Waals surface area contributed by atoms with Gasteiger partial charge in [0.25, 0.3) is 5.91 Å². The second-order valence-electron chi connectivity index (χ2n) is 5.80. The summed E-state index contributed by atoms with van der Waals surface area (Å²) < 4.78 is 41.7. The normalized spacial score (nSPS) is 11.2. The van der Waals surface area contributed by atoms with Crippen LogP contribution in [0.4, 0.5) is 24.7 Å². The molecule has 2 heterocycles. The maximum absolute atomic E-state index is 12.4. The molecule has 144 valence electrons. The third-order valence-corrected chi connectivity index (χ3v) is 3.22. The molecule has 2 aromatic rings. The molecule has 0 aliphatic rings. The Balaban J connectivity index is 2.13. The third kappa shape index (κ3) is 6.24. The van der Waals surface area contributed by atoms with E-state index in [2.05, 4.69) is 20.6 Å². The molecule has 7 nitrogen and oxygen atoms in total. The molecule has 0 atom stereocenters. The second kappa shape index (κ2) is 8.47. The number of hydrogen-bond acceptors (Lipinski definition) is 5. The van der Waals surface area contributed by atoms with Gasteiger partial charge in [0.05, 0.1) is 6.20 Å². The van der Waals surface area contributed by atoms with Gasteiger partial charge >= 0.3 is 6.18 Å². The van der Waals surface area contributed by atoms with E-state index in [-0.39, 0.29) is 34.6 Å². The predicted molar refractivity (Wildman–Crippen MR) is 91.4 cm³/mol. The number of carbonyl (C=O) groups excluding carboxylic acids is 2. The molecule has 2 N–H and O–H groups in total. The molecule has 2 rings (SSSR count). The fourth-order valence-electron chi connectivity index (χ4n) is 1.87. The van der Waals surface area contributed by atoms with Crippen LogP contribution >= 0.6 is 0 Å². The smallest absolute Gasteiger partial charge is 0.422 e. The topological polar surface area (TPSA) is 93.2 Å². The fraction of sp³-hybridized carbons (Fsp3) is 0.294. The average molecular weight is 382 g/mol. The van der Waals surface area contributed by atoms with Crippen LogP contribution in [0, 0.1) is 5.92 Å². The van der Waals surface area contributed by atoms with Gasteiger partial charge in [0, 0.05) is 29.9 Å². The standard InChI is InChI=1S/C17H17F3N4O3/c1-10(2)15(25)24-14-7-11(3-6-22-14)16(26)23-12-8-21-5-4-13(12)27-9-17(18,19)20/h3-8,10H,9H2,1-2H3,(H,23,26)(H,22,24,25). The van der Waals surface area contributed by atoms with E-state index < -0.39 is 18.7 Å². The van der Waals surface area contributed by atoms with Crippen LogP contribution in [0.1, 0.15) is 24.2 Å². The number of carbonyl (C=O) groups is 2. The van der Waals surface area contributed by atoms with E-state index in [0.29, 0.717) is 0 Å². The van der Waals surface area contributed by atoms with Crippen LogP contribution in [-0.4, -0.2) is 34.6 Å². The Morgan fingerprint density at radius 1 is 1.19 bits per heavy atom. The molecule has 0 unspecified atom stereocenters. The highest BCUT2D eigenvalue weighted by molar-refractivity contribution is 6.05. The molecule has 0 spiro atoms. The zero-order valence-electron chi connectivity index (χ0n) is 14.5.